The summed E-state index contributed by atoms with van der Waals surface area (Å²) in [4.78, 5) is 0. The summed E-state index contributed by atoms with van der Waals surface area (Å²) in [5, 5.41) is 7.20. The van der Waals surface area contributed by atoms with Gasteiger partial charge in [-0.3, -0.25) is 0 Å². The number of rotatable bonds is 4. The summed E-state index contributed by atoms with van der Waals surface area (Å²) in [5.41, 5.74) is 1.37. The van der Waals surface area contributed by atoms with Crippen LogP contribution in [-0.2, 0) is 6.54 Å². The van der Waals surface area contributed by atoms with E-state index in [1.807, 2.05) is 0 Å². The predicted molar refractivity (Wildman–Crippen MR) is 73.0 cm³/mol. The van der Waals surface area contributed by atoms with Crippen molar-refractivity contribution in [3.8, 4) is 0 Å². The molecule has 1 aromatic carbocycles. The van der Waals surface area contributed by atoms with Crippen molar-refractivity contribution in [2.24, 2.45) is 0 Å². The number of hydrogen-bond acceptors (Lipinski definition) is 2. The second kappa shape index (κ2) is 7.46. The molecule has 94 valence electrons. The van der Waals surface area contributed by atoms with Crippen LogP contribution in [0.5, 0.6) is 0 Å². The SMILES string of the molecule is c1ccc(CNCC2CCCCCCN2)cc1. The monoisotopic (exact) mass is 232 g/mol. The third kappa shape index (κ3) is 4.88. The van der Waals surface area contributed by atoms with Crippen LogP contribution in [0.4, 0.5) is 0 Å². The van der Waals surface area contributed by atoms with Crippen molar-refractivity contribution in [3.05, 3.63) is 35.9 Å². The minimum Gasteiger partial charge on any atom is -0.313 e. The van der Waals surface area contributed by atoms with Crippen LogP contribution in [0.25, 0.3) is 0 Å². The lowest BCUT2D eigenvalue weighted by Crippen LogP contribution is -2.39. The molecule has 1 aliphatic rings. The molecule has 0 aromatic heterocycles. The van der Waals surface area contributed by atoms with Gasteiger partial charge in [0, 0.05) is 19.1 Å². The molecule has 1 unspecified atom stereocenters. The highest BCUT2D eigenvalue weighted by atomic mass is 15.0. The van der Waals surface area contributed by atoms with Gasteiger partial charge < -0.3 is 10.6 Å². The van der Waals surface area contributed by atoms with Gasteiger partial charge in [-0.2, -0.15) is 0 Å². The zero-order valence-electron chi connectivity index (χ0n) is 10.6. The Kier molecular flexibility index (Phi) is 5.53. The van der Waals surface area contributed by atoms with Crippen LogP contribution in [0.3, 0.4) is 0 Å². The molecule has 1 aliphatic heterocycles. The van der Waals surface area contributed by atoms with Gasteiger partial charge in [-0.1, -0.05) is 49.6 Å². The van der Waals surface area contributed by atoms with Gasteiger partial charge in [-0.05, 0) is 24.9 Å². The summed E-state index contributed by atoms with van der Waals surface area (Å²) in [6, 6.07) is 11.3. The molecule has 0 bridgehead atoms. The maximum atomic E-state index is 3.65. The molecule has 0 amide bonds. The lowest BCUT2D eigenvalue weighted by Gasteiger charge is -2.21. The van der Waals surface area contributed by atoms with Crippen LogP contribution >= 0.6 is 0 Å². The first kappa shape index (κ1) is 12.6. The first-order valence-electron chi connectivity index (χ1n) is 6.93. The molecule has 1 atom stereocenters. The van der Waals surface area contributed by atoms with Gasteiger partial charge in [-0.15, -0.1) is 0 Å². The Morgan fingerprint density at radius 1 is 1.06 bits per heavy atom. The number of hydrogen-bond donors (Lipinski definition) is 2. The Morgan fingerprint density at radius 2 is 1.88 bits per heavy atom. The van der Waals surface area contributed by atoms with Crippen LogP contribution in [0.2, 0.25) is 0 Å². The van der Waals surface area contributed by atoms with E-state index in [-0.39, 0.29) is 0 Å². The zero-order valence-corrected chi connectivity index (χ0v) is 10.6. The van der Waals surface area contributed by atoms with Gasteiger partial charge in [0.15, 0.2) is 0 Å². The van der Waals surface area contributed by atoms with E-state index in [1.165, 1.54) is 44.2 Å². The molecule has 1 fully saturated rings. The molecular formula is C15H24N2. The summed E-state index contributed by atoms with van der Waals surface area (Å²) in [6.45, 7) is 3.27. The minimum absolute atomic E-state index is 0.666. The first-order chi connectivity index (χ1) is 8.45. The van der Waals surface area contributed by atoms with Crippen molar-refractivity contribution in [1.29, 1.82) is 0 Å². The van der Waals surface area contributed by atoms with Crippen molar-refractivity contribution in [2.45, 2.75) is 44.7 Å². The standard InChI is InChI=1S/C15H24N2/c1-2-7-11-17-15(10-6-1)13-16-12-14-8-4-3-5-9-14/h3-5,8-9,15-17H,1-2,6-7,10-13H2. The Balaban J connectivity index is 1.66. The molecule has 0 radical (unpaired) electrons. The van der Waals surface area contributed by atoms with Crippen molar-refractivity contribution in [2.75, 3.05) is 13.1 Å². The van der Waals surface area contributed by atoms with Gasteiger partial charge in [0.2, 0.25) is 0 Å². The molecule has 1 saturated heterocycles. The largest absolute Gasteiger partial charge is 0.313 e. The number of nitrogens with one attached hydrogen (secondary N) is 2. The molecule has 1 heterocycles. The molecule has 2 rings (SSSR count). The fraction of sp³-hybridized carbons (Fsp3) is 0.600. The highest BCUT2D eigenvalue weighted by molar-refractivity contribution is 5.14. The molecule has 0 saturated carbocycles. The average molecular weight is 232 g/mol. The summed E-state index contributed by atoms with van der Waals surface area (Å²) in [6.07, 6.45) is 6.86. The van der Waals surface area contributed by atoms with Gasteiger partial charge in [0.05, 0.1) is 0 Å². The molecule has 2 nitrogen and oxygen atoms in total. The van der Waals surface area contributed by atoms with E-state index in [2.05, 4.69) is 41.0 Å². The normalized spacial score (nSPS) is 21.8. The minimum atomic E-state index is 0.666. The summed E-state index contributed by atoms with van der Waals surface area (Å²) in [5.74, 6) is 0. The van der Waals surface area contributed by atoms with E-state index < -0.39 is 0 Å². The average Bonchev–Trinajstić information content (AvgIpc) is 2.33. The Morgan fingerprint density at radius 3 is 2.76 bits per heavy atom. The van der Waals surface area contributed by atoms with E-state index in [1.54, 1.807) is 0 Å². The van der Waals surface area contributed by atoms with Gasteiger partial charge >= 0.3 is 0 Å². The molecule has 17 heavy (non-hydrogen) atoms. The third-order valence-corrected chi connectivity index (χ3v) is 3.48. The van der Waals surface area contributed by atoms with E-state index in [9.17, 15) is 0 Å². The molecular weight excluding hydrogens is 208 g/mol. The van der Waals surface area contributed by atoms with Gasteiger partial charge in [0.1, 0.15) is 0 Å². The van der Waals surface area contributed by atoms with E-state index in [4.69, 9.17) is 0 Å². The van der Waals surface area contributed by atoms with E-state index >= 15 is 0 Å². The highest BCUT2D eigenvalue weighted by Crippen LogP contribution is 2.09. The maximum absolute atomic E-state index is 3.65. The van der Waals surface area contributed by atoms with Crippen molar-refractivity contribution in [1.82, 2.24) is 10.6 Å². The number of benzene rings is 1. The lowest BCUT2D eigenvalue weighted by atomic mass is 10.0. The van der Waals surface area contributed by atoms with Crippen LogP contribution in [0.15, 0.2) is 30.3 Å². The molecule has 2 heteroatoms. The Hall–Kier alpha value is -0.860. The first-order valence-corrected chi connectivity index (χ1v) is 6.93. The van der Waals surface area contributed by atoms with Crippen molar-refractivity contribution in [3.63, 3.8) is 0 Å². The quantitative estimate of drug-likeness (QED) is 0.834. The second-order valence-corrected chi connectivity index (χ2v) is 4.97. The summed E-state index contributed by atoms with van der Waals surface area (Å²) < 4.78 is 0. The van der Waals surface area contributed by atoms with Crippen LogP contribution in [-0.4, -0.2) is 19.1 Å². The van der Waals surface area contributed by atoms with Crippen molar-refractivity contribution >= 4 is 0 Å². The van der Waals surface area contributed by atoms with Crippen LogP contribution in [0, 0.1) is 0 Å². The van der Waals surface area contributed by atoms with Gasteiger partial charge in [0.25, 0.3) is 0 Å². The molecule has 0 aliphatic carbocycles. The predicted octanol–water partition coefficient (Wildman–Crippen LogP) is 2.70. The molecule has 2 N–H and O–H groups in total. The smallest absolute Gasteiger partial charge is 0.0206 e. The Labute approximate surface area is 105 Å². The summed E-state index contributed by atoms with van der Waals surface area (Å²) in [7, 11) is 0. The summed E-state index contributed by atoms with van der Waals surface area (Å²) >= 11 is 0. The van der Waals surface area contributed by atoms with Crippen LogP contribution < -0.4 is 10.6 Å². The van der Waals surface area contributed by atoms with Gasteiger partial charge in [-0.25, -0.2) is 0 Å². The zero-order chi connectivity index (χ0) is 11.8. The maximum Gasteiger partial charge on any atom is 0.0206 e. The van der Waals surface area contributed by atoms with Crippen molar-refractivity contribution < 1.29 is 0 Å². The van der Waals surface area contributed by atoms with E-state index in [0.29, 0.717) is 6.04 Å². The molecule has 1 aromatic rings. The fourth-order valence-electron chi connectivity index (χ4n) is 2.44. The lowest BCUT2D eigenvalue weighted by molar-refractivity contribution is 0.398. The van der Waals surface area contributed by atoms with Crippen LogP contribution in [0.1, 0.15) is 37.7 Å². The second-order valence-electron chi connectivity index (χ2n) is 4.97. The van der Waals surface area contributed by atoms with E-state index in [0.717, 1.165) is 13.1 Å². The third-order valence-electron chi connectivity index (χ3n) is 3.48. The Bertz CT molecular complexity index is 289. The highest BCUT2D eigenvalue weighted by Gasteiger charge is 2.09. The fourth-order valence-corrected chi connectivity index (χ4v) is 2.44. The topological polar surface area (TPSA) is 24.1 Å². The molecule has 0 spiro atoms.